The molecule has 1 unspecified atom stereocenters. The Labute approximate surface area is 116 Å². The Balaban J connectivity index is 2.20. The summed E-state index contributed by atoms with van der Waals surface area (Å²) in [5, 5.41) is 9.62. The summed E-state index contributed by atoms with van der Waals surface area (Å²) in [5.74, 6) is -0.371. The number of hydrogen-bond acceptors (Lipinski definition) is 2. The van der Waals surface area contributed by atoms with E-state index in [-0.39, 0.29) is 12.4 Å². The predicted octanol–water partition coefficient (Wildman–Crippen LogP) is 3.91. The highest BCUT2D eigenvalue weighted by atomic mass is 19.1. The van der Waals surface area contributed by atoms with Crippen molar-refractivity contribution < 1.29 is 18.6 Å². The molecule has 0 saturated carbocycles. The number of ether oxygens (including phenoxy) is 1. The highest BCUT2D eigenvalue weighted by molar-refractivity contribution is 5.36. The SMILES string of the molecule is Cc1ccc(F)cc1COc1ccc(F)cc1C(C)O. The molecule has 0 radical (unpaired) electrons. The number of aryl methyl sites for hydroxylation is 1. The second-order valence-electron chi connectivity index (χ2n) is 4.72. The van der Waals surface area contributed by atoms with Crippen LogP contribution in [0.4, 0.5) is 8.78 Å². The maximum Gasteiger partial charge on any atom is 0.125 e. The minimum absolute atomic E-state index is 0.162. The first-order valence-electron chi connectivity index (χ1n) is 6.32. The van der Waals surface area contributed by atoms with Crippen molar-refractivity contribution in [1.29, 1.82) is 0 Å². The normalized spacial score (nSPS) is 12.2. The second kappa shape index (κ2) is 6.01. The maximum atomic E-state index is 13.2. The van der Waals surface area contributed by atoms with E-state index in [4.69, 9.17) is 4.74 Å². The molecular weight excluding hydrogens is 262 g/mol. The maximum absolute atomic E-state index is 13.2. The van der Waals surface area contributed by atoms with Crippen LogP contribution in [0.15, 0.2) is 36.4 Å². The molecule has 2 aromatic carbocycles. The van der Waals surface area contributed by atoms with Crippen LogP contribution in [0.25, 0.3) is 0 Å². The average Bonchev–Trinajstić information content (AvgIpc) is 2.40. The largest absolute Gasteiger partial charge is 0.489 e. The van der Waals surface area contributed by atoms with Crippen LogP contribution in [0.5, 0.6) is 5.75 Å². The minimum Gasteiger partial charge on any atom is -0.489 e. The van der Waals surface area contributed by atoms with E-state index in [0.717, 1.165) is 5.56 Å². The number of aliphatic hydroxyl groups is 1. The van der Waals surface area contributed by atoms with Gasteiger partial charge >= 0.3 is 0 Å². The Morgan fingerprint density at radius 1 is 1.10 bits per heavy atom. The molecule has 4 heteroatoms. The predicted molar refractivity (Wildman–Crippen MR) is 72.5 cm³/mol. The van der Waals surface area contributed by atoms with Crippen LogP contribution in [0.1, 0.15) is 29.7 Å². The number of rotatable bonds is 4. The molecule has 0 spiro atoms. The van der Waals surface area contributed by atoms with E-state index in [1.165, 1.54) is 37.3 Å². The molecule has 0 bridgehead atoms. The summed E-state index contributed by atoms with van der Waals surface area (Å²) in [6.45, 7) is 3.56. The Morgan fingerprint density at radius 3 is 2.45 bits per heavy atom. The van der Waals surface area contributed by atoms with E-state index in [9.17, 15) is 13.9 Å². The molecule has 106 valence electrons. The zero-order chi connectivity index (χ0) is 14.7. The van der Waals surface area contributed by atoms with Gasteiger partial charge in [0.2, 0.25) is 0 Å². The number of aliphatic hydroxyl groups excluding tert-OH is 1. The van der Waals surface area contributed by atoms with Gasteiger partial charge in [0.25, 0.3) is 0 Å². The number of hydrogen-bond donors (Lipinski definition) is 1. The molecule has 0 amide bonds. The number of halogens is 2. The first-order valence-corrected chi connectivity index (χ1v) is 6.32. The van der Waals surface area contributed by atoms with Gasteiger partial charge in [-0.3, -0.25) is 0 Å². The lowest BCUT2D eigenvalue weighted by molar-refractivity contribution is 0.189. The molecule has 0 heterocycles. The lowest BCUT2D eigenvalue weighted by Gasteiger charge is -2.14. The monoisotopic (exact) mass is 278 g/mol. The molecule has 0 aliphatic carbocycles. The molecule has 1 N–H and O–H groups in total. The summed E-state index contributed by atoms with van der Waals surface area (Å²) in [6.07, 6.45) is -0.839. The van der Waals surface area contributed by atoms with Gasteiger partial charge in [0.05, 0.1) is 6.10 Å². The zero-order valence-electron chi connectivity index (χ0n) is 11.4. The fourth-order valence-corrected chi connectivity index (χ4v) is 1.93. The van der Waals surface area contributed by atoms with E-state index in [2.05, 4.69) is 0 Å². The van der Waals surface area contributed by atoms with Gasteiger partial charge in [0.1, 0.15) is 24.0 Å². The molecule has 1 atom stereocenters. The molecule has 0 saturated heterocycles. The third-order valence-corrected chi connectivity index (χ3v) is 3.12. The van der Waals surface area contributed by atoms with Gasteiger partial charge in [-0.2, -0.15) is 0 Å². The first kappa shape index (κ1) is 14.5. The third-order valence-electron chi connectivity index (χ3n) is 3.12. The van der Waals surface area contributed by atoms with Crippen LogP contribution in [0.2, 0.25) is 0 Å². The summed E-state index contributed by atoms with van der Waals surface area (Å²) in [6, 6.07) is 8.43. The third kappa shape index (κ3) is 3.33. The molecule has 2 rings (SSSR count). The highest BCUT2D eigenvalue weighted by Crippen LogP contribution is 2.27. The van der Waals surface area contributed by atoms with Crippen molar-refractivity contribution in [3.63, 3.8) is 0 Å². The lowest BCUT2D eigenvalue weighted by atomic mass is 10.1. The van der Waals surface area contributed by atoms with Crippen LogP contribution >= 0.6 is 0 Å². The van der Waals surface area contributed by atoms with Gasteiger partial charge in [-0.15, -0.1) is 0 Å². The molecule has 0 fully saturated rings. The van der Waals surface area contributed by atoms with Gasteiger partial charge in [-0.1, -0.05) is 6.07 Å². The van der Waals surface area contributed by atoms with Crippen molar-refractivity contribution in [3.05, 3.63) is 64.7 Å². The summed E-state index contributed by atoms with van der Waals surface area (Å²) < 4.78 is 31.9. The van der Waals surface area contributed by atoms with Gasteiger partial charge in [0.15, 0.2) is 0 Å². The van der Waals surface area contributed by atoms with Crippen molar-refractivity contribution in [2.24, 2.45) is 0 Å². The summed E-state index contributed by atoms with van der Waals surface area (Å²) in [4.78, 5) is 0. The second-order valence-corrected chi connectivity index (χ2v) is 4.72. The van der Waals surface area contributed by atoms with Gasteiger partial charge in [-0.25, -0.2) is 8.78 Å². The van der Waals surface area contributed by atoms with E-state index in [0.29, 0.717) is 16.9 Å². The van der Waals surface area contributed by atoms with Gasteiger partial charge < -0.3 is 9.84 Å². The summed E-state index contributed by atoms with van der Waals surface area (Å²) >= 11 is 0. The fourth-order valence-electron chi connectivity index (χ4n) is 1.93. The molecular formula is C16H16F2O2. The smallest absolute Gasteiger partial charge is 0.125 e. The van der Waals surface area contributed by atoms with Crippen molar-refractivity contribution in [2.75, 3.05) is 0 Å². The van der Waals surface area contributed by atoms with E-state index < -0.39 is 11.9 Å². The Bertz CT molecular complexity index is 609. The Kier molecular flexibility index (Phi) is 4.35. The molecule has 2 nitrogen and oxygen atoms in total. The van der Waals surface area contributed by atoms with E-state index >= 15 is 0 Å². The van der Waals surface area contributed by atoms with E-state index in [1.54, 1.807) is 6.07 Å². The van der Waals surface area contributed by atoms with Crippen molar-refractivity contribution in [3.8, 4) is 5.75 Å². The zero-order valence-corrected chi connectivity index (χ0v) is 11.4. The van der Waals surface area contributed by atoms with Crippen LogP contribution in [-0.4, -0.2) is 5.11 Å². The van der Waals surface area contributed by atoms with Crippen LogP contribution in [0.3, 0.4) is 0 Å². The molecule has 0 aliphatic rings. The average molecular weight is 278 g/mol. The van der Waals surface area contributed by atoms with Crippen LogP contribution in [-0.2, 0) is 6.61 Å². The first-order chi connectivity index (χ1) is 9.47. The molecule has 0 aromatic heterocycles. The Hall–Kier alpha value is -1.94. The lowest BCUT2D eigenvalue weighted by Crippen LogP contribution is -2.03. The molecule has 0 aliphatic heterocycles. The molecule has 2 aromatic rings. The van der Waals surface area contributed by atoms with E-state index in [1.807, 2.05) is 6.92 Å². The van der Waals surface area contributed by atoms with Crippen molar-refractivity contribution in [2.45, 2.75) is 26.6 Å². The van der Waals surface area contributed by atoms with Crippen LogP contribution < -0.4 is 4.74 Å². The standard InChI is InChI=1S/C16H16F2O2/c1-10-3-4-13(17)7-12(10)9-20-16-6-5-14(18)8-15(16)11(2)19/h3-8,11,19H,9H2,1-2H3. The van der Waals surface area contributed by atoms with Crippen molar-refractivity contribution >= 4 is 0 Å². The quantitative estimate of drug-likeness (QED) is 0.919. The van der Waals surface area contributed by atoms with Crippen molar-refractivity contribution in [1.82, 2.24) is 0 Å². The fraction of sp³-hybridized carbons (Fsp3) is 0.250. The highest BCUT2D eigenvalue weighted by Gasteiger charge is 2.11. The minimum atomic E-state index is -0.839. The van der Waals surface area contributed by atoms with Gasteiger partial charge in [-0.05, 0) is 55.3 Å². The summed E-state index contributed by atoms with van der Waals surface area (Å²) in [7, 11) is 0. The topological polar surface area (TPSA) is 29.5 Å². The number of benzene rings is 2. The molecule has 20 heavy (non-hydrogen) atoms. The van der Waals surface area contributed by atoms with Crippen LogP contribution in [0, 0.1) is 18.6 Å². The van der Waals surface area contributed by atoms with Gasteiger partial charge in [0, 0.05) is 5.56 Å². The Morgan fingerprint density at radius 2 is 1.75 bits per heavy atom. The summed E-state index contributed by atoms with van der Waals surface area (Å²) in [5.41, 5.74) is 2.00.